The first-order valence-electron chi connectivity index (χ1n) is 5.69. The zero-order chi connectivity index (χ0) is 13.1. The minimum Gasteiger partial charge on any atom is -0.482 e. The minimum atomic E-state index is -0.585. The SMILES string of the molecule is C.CC1(C)OC2=C(C(=O)c3ccccc3C2=O)C1Br. The van der Waals surface area contributed by atoms with Gasteiger partial charge < -0.3 is 4.74 Å². The summed E-state index contributed by atoms with van der Waals surface area (Å²) in [6, 6.07) is 6.86. The van der Waals surface area contributed by atoms with Crippen LogP contribution in [0.5, 0.6) is 0 Å². The van der Waals surface area contributed by atoms with Crippen LogP contribution in [0.3, 0.4) is 0 Å². The highest BCUT2D eigenvalue weighted by Gasteiger charge is 2.49. The van der Waals surface area contributed by atoms with E-state index in [1.165, 1.54) is 0 Å². The Balaban J connectivity index is 0.00000133. The lowest BCUT2D eigenvalue weighted by atomic mass is 9.86. The van der Waals surface area contributed by atoms with Crippen LogP contribution < -0.4 is 0 Å². The van der Waals surface area contributed by atoms with Gasteiger partial charge in [-0.3, -0.25) is 9.59 Å². The molecule has 1 atom stereocenters. The number of halogens is 1. The Morgan fingerprint density at radius 1 is 1.11 bits per heavy atom. The molecule has 1 unspecified atom stereocenters. The van der Waals surface area contributed by atoms with Crippen molar-refractivity contribution in [3.05, 3.63) is 46.7 Å². The van der Waals surface area contributed by atoms with Gasteiger partial charge in [-0.15, -0.1) is 0 Å². The van der Waals surface area contributed by atoms with E-state index in [0.29, 0.717) is 16.7 Å². The Morgan fingerprint density at radius 2 is 1.63 bits per heavy atom. The fourth-order valence-corrected chi connectivity index (χ4v) is 2.88. The Labute approximate surface area is 120 Å². The van der Waals surface area contributed by atoms with Crippen molar-refractivity contribution in [3.8, 4) is 0 Å². The molecule has 100 valence electrons. The fraction of sp³-hybridized carbons (Fsp3) is 0.333. The quantitative estimate of drug-likeness (QED) is 0.686. The van der Waals surface area contributed by atoms with Crippen LogP contribution in [0.4, 0.5) is 0 Å². The van der Waals surface area contributed by atoms with Crippen molar-refractivity contribution < 1.29 is 14.3 Å². The number of carbonyl (C=O) groups is 2. The minimum absolute atomic E-state index is 0. The predicted molar refractivity (Wildman–Crippen MR) is 76.7 cm³/mol. The number of hydrogen-bond acceptors (Lipinski definition) is 3. The molecule has 0 saturated heterocycles. The first kappa shape index (κ1) is 14.0. The van der Waals surface area contributed by atoms with Crippen molar-refractivity contribution in [2.24, 2.45) is 0 Å². The van der Waals surface area contributed by atoms with Gasteiger partial charge in [-0.1, -0.05) is 47.6 Å². The second-order valence-electron chi connectivity index (χ2n) is 5.01. The van der Waals surface area contributed by atoms with Crippen molar-refractivity contribution in [1.82, 2.24) is 0 Å². The van der Waals surface area contributed by atoms with Crippen LogP contribution in [-0.2, 0) is 4.74 Å². The summed E-state index contributed by atoms with van der Waals surface area (Å²) in [5.41, 5.74) is 0.757. The number of ether oxygens (including phenoxy) is 1. The number of benzene rings is 1. The summed E-state index contributed by atoms with van der Waals surface area (Å²) in [6.45, 7) is 3.71. The summed E-state index contributed by atoms with van der Waals surface area (Å²) in [7, 11) is 0. The number of rotatable bonds is 0. The first-order chi connectivity index (χ1) is 8.43. The van der Waals surface area contributed by atoms with Crippen LogP contribution >= 0.6 is 15.9 Å². The van der Waals surface area contributed by atoms with E-state index in [-0.39, 0.29) is 29.6 Å². The number of Topliss-reactive ketones (excluding diaryl/α,β-unsaturated/α-hetero) is 2. The van der Waals surface area contributed by atoms with E-state index < -0.39 is 5.60 Å². The van der Waals surface area contributed by atoms with Gasteiger partial charge in [0, 0.05) is 11.1 Å². The normalized spacial score (nSPS) is 23.4. The largest absolute Gasteiger partial charge is 0.482 e. The lowest BCUT2D eigenvalue weighted by Gasteiger charge is -2.22. The highest BCUT2D eigenvalue weighted by molar-refractivity contribution is 9.09. The van der Waals surface area contributed by atoms with Gasteiger partial charge in [-0.25, -0.2) is 0 Å². The van der Waals surface area contributed by atoms with Gasteiger partial charge in [0.2, 0.25) is 5.78 Å². The summed E-state index contributed by atoms with van der Waals surface area (Å²) < 4.78 is 5.67. The van der Waals surface area contributed by atoms with Gasteiger partial charge in [0.15, 0.2) is 11.5 Å². The van der Waals surface area contributed by atoms with Crippen molar-refractivity contribution >= 4 is 27.5 Å². The molecular formula is C15H15BrO3. The molecule has 0 amide bonds. The molecule has 3 nitrogen and oxygen atoms in total. The summed E-state index contributed by atoms with van der Waals surface area (Å²) in [5.74, 6) is -0.117. The molecule has 0 N–H and O–H groups in total. The molecule has 4 heteroatoms. The molecule has 1 aliphatic heterocycles. The molecule has 1 heterocycles. The highest BCUT2D eigenvalue weighted by atomic mass is 79.9. The topological polar surface area (TPSA) is 43.4 Å². The maximum absolute atomic E-state index is 12.4. The van der Waals surface area contributed by atoms with Crippen LogP contribution in [0.15, 0.2) is 35.6 Å². The molecule has 0 radical (unpaired) electrons. The molecule has 0 saturated carbocycles. The van der Waals surface area contributed by atoms with Gasteiger partial charge in [0.1, 0.15) is 5.60 Å². The average molecular weight is 323 g/mol. The fourth-order valence-electron chi connectivity index (χ4n) is 2.37. The smallest absolute Gasteiger partial charge is 0.228 e. The van der Waals surface area contributed by atoms with E-state index in [0.717, 1.165) is 0 Å². The Hall–Kier alpha value is -1.42. The third kappa shape index (κ3) is 1.77. The molecule has 19 heavy (non-hydrogen) atoms. The third-order valence-corrected chi connectivity index (χ3v) is 4.90. The van der Waals surface area contributed by atoms with E-state index in [9.17, 15) is 9.59 Å². The molecule has 2 aliphatic rings. The molecule has 0 bridgehead atoms. The maximum Gasteiger partial charge on any atom is 0.228 e. The number of ketones is 2. The van der Waals surface area contributed by atoms with Crippen LogP contribution in [0.25, 0.3) is 0 Å². The van der Waals surface area contributed by atoms with Crippen LogP contribution in [-0.4, -0.2) is 22.0 Å². The average Bonchev–Trinajstić information content (AvgIpc) is 2.58. The predicted octanol–water partition coefficient (Wildman–Crippen LogP) is 3.53. The van der Waals surface area contributed by atoms with Gasteiger partial charge in [0.05, 0.1) is 10.4 Å². The van der Waals surface area contributed by atoms with Gasteiger partial charge in [0.25, 0.3) is 0 Å². The molecule has 1 aliphatic carbocycles. The summed E-state index contributed by atoms with van der Waals surface area (Å²) in [4.78, 5) is 24.5. The highest BCUT2D eigenvalue weighted by Crippen LogP contribution is 2.44. The number of allylic oxidation sites excluding steroid dienone is 1. The van der Waals surface area contributed by atoms with E-state index in [2.05, 4.69) is 15.9 Å². The molecular weight excluding hydrogens is 308 g/mol. The summed E-state index contributed by atoms with van der Waals surface area (Å²) in [5, 5.41) is 0. The van der Waals surface area contributed by atoms with E-state index >= 15 is 0 Å². The third-order valence-electron chi connectivity index (χ3n) is 3.34. The number of alkyl halides is 1. The van der Waals surface area contributed by atoms with E-state index in [1.54, 1.807) is 24.3 Å². The molecule has 0 aromatic heterocycles. The van der Waals surface area contributed by atoms with Gasteiger partial charge in [-0.2, -0.15) is 0 Å². The number of hydrogen-bond donors (Lipinski definition) is 0. The van der Waals surface area contributed by atoms with E-state index in [1.807, 2.05) is 13.8 Å². The zero-order valence-corrected chi connectivity index (χ0v) is 11.6. The summed E-state index contributed by atoms with van der Waals surface area (Å²) >= 11 is 3.47. The maximum atomic E-state index is 12.4. The lowest BCUT2D eigenvalue weighted by molar-refractivity contribution is 0.0543. The molecule has 0 spiro atoms. The van der Waals surface area contributed by atoms with Crippen molar-refractivity contribution in [2.45, 2.75) is 31.7 Å². The standard InChI is InChI=1S/C14H11BrO3.CH4/c1-14(2)13(15)9-10(16)7-5-3-4-6-8(7)11(17)12(9)18-14;/h3-6,13H,1-2H3;1H4. The molecule has 0 fully saturated rings. The van der Waals surface area contributed by atoms with Gasteiger partial charge >= 0.3 is 0 Å². The van der Waals surface area contributed by atoms with Crippen molar-refractivity contribution in [3.63, 3.8) is 0 Å². The summed E-state index contributed by atoms with van der Waals surface area (Å²) in [6.07, 6.45) is 0. The molecule has 1 aromatic rings. The van der Waals surface area contributed by atoms with Crippen molar-refractivity contribution in [2.75, 3.05) is 0 Å². The van der Waals surface area contributed by atoms with Crippen LogP contribution in [0.1, 0.15) is 42.0 Å². The Kier molecular flexibility index (Phi) is 3.17. The Bertz CT molecular complexity index is 614. The van der Waals surface area contributed by atoms with E-state index in [4.69, 9.17) is 4.74 Å². The van der Waals surface area contributed by atoms with Gasteiger partial charge in [-0.05, 0) is 13.8 Å². The van der Waals surface area contributed by atoms with Crippen LogP contribution in [0, 0.1) is 0 Å². The van der Waals surface area contributed by atoms with Crippen molar-refractivity contribution in [1.29, 1.82) is 0 Å². The monoisotopic (exact) mass is 322 g/mol. The zero-order valence-electron chi connectivity index (χ0n) is 9.99. The second kappa shape index (κ2) is 4.30. The number of carbonyl (C=O) groups excluding carboxylic acids is 2. The molecule has 1 aromatic carbocycles. The van der Waals surface area contributed by atoms with Crippen LogP contribution in [0.2, 0.25) is 0 Å². The second-order valence-corrected chi connectivity index (χ2v) is 5.93. The first-order valence-corrected chi connectivity index (χ1v) is 6.61. The number of fused-ring (bicyclic) bond motifs is 1. The molecule has 3 rings (SSSR count). The lowest BCUT2D eigenvalue weighted by Crippen LogP contribution is -2.31. The Morgan fingerprint density at radius 3 is 2.21 bits per heavy atom.